The number of aryl methyl sites for hydroxylation is 2. The highest BCUT2D eigenvalue weighted by Gasteiger charge is 2.20. The summed E-state index contributed by atoms with van der Waals surface area (Å²) in [6, 6.07) is 7.58. The lowest BCUT2D eigenvalue weighted by Crippen LogP contribution is -2.47. The van der Waals surface area contributed by atoms with Crippen LogP contribution in [0.3, 0.4) is 0 Å². The molecule has 0 spiro atoms. The summed E-state index contributed by atoms with van der Waals surface area (Å²) < 4.78 is 1.48. The van der Waals surface area contributed by atoms with Gasteiger partial charge in [0.2, 0.25) is 0 Å². The summed E-state index contributed by atoms with van der Waals surface area (Å²) >= 11 is 6.11. The van der Waals surface area contributed by atoms with Gasteiger partial charge in [0.1, 0.15) is 5.82 Å². The molecule has 0 radical (unpaired) electrons. The predicted molar refractivity (Wildman–Crippen MR) is 90.1 cm³/mol. The fourth-order valence-electron chi connectivity index (χ4n) is 2.72. The number of hydrogen-bond donors (Lipinski definition) is 0. The van der Waals surface area contributed by atoms with E-state index in [4.69, 9.17) is 11.6 Å². The highest BCUT2D eigenvalue weighted by atomic mass is 35.5. The third-order valence-electron chi connectivity index (χ3n) is 4.08. The monoisotopic (exact) mass is 318 g/mol. The van der Waals surface area contributed by atoms with E-state index >= 15 is 0 Å². The van der Waals surface area contributed by atoms with Crippen LogP contribution in [-0.2, 0) is 7.05 Å². The summed E-state index contributed by atoms with van der Waals surface area (Å²) in [7, 11) is 1.71. The van der Waals surface area contributed by atoms with E-state index in [9.17, 15) is 4.79 Å². The molecule has 0 unspecified atom stereocenters. The van der Waals surface area contributed by atoms with Crippen molar-refractivity contribution in [2.45, 2.75) is 6.92 Å². The largest absolute Gasteiger partial charge is 0.368 e. The summed E-state index contributed by atoms with van der Waals surface area (Å²) in [4.78, 5) is 20.5. The molecule has 0 aliphatic carbocycles. The summed E-state index contributed by atoms with van der Waals surface area (Å²) in [6.45, 7) is 5.55. The molecule has 1 saturated heterocycles. The topological polar surface area (TPSA) is 41.4 Å². The first-order valence-corrected chi connectivity index (χ1v) is 7.71. The van der Waals surface area contributed by atoms with E-state index < -0.39 is 0 Å². The maximum atomic E-state index is 11.7. The molecular weight excluding hydrogens is 300 g/mol. The number of hydrogen-bond acceptors (Lipinski definition) is 4. The Labute approximate surface area is 134 Å². The lowest BCUT2D eigenvalue weighted by molar-refractivity contribution is 0.642. The maximum absolute atomic E-state index is 11.7. The van der Waals surface area contributed by atoms with Crippen LogP contribution in [0.15, 0.2) is 35.4 Å². The normalized spacial score (nSPS) is 15.2. The summed E-state index contributed by atoms with van der Waals surface area (Å²) in [6.07, 6.45) is 1.57. The Morgan fingerprint density at radius 3 is 2.45 bits per heavy atom. The van der Waals surface area contributed by atoms with Crippen LogP contribution in [-0.4, -0.2) is 35.7 Å². The van der Waals surface area contributed by atoms with E-state index in [2.05, 4.69) is 21.7 Å². The Hall–Kier alpha value is -2.01. The van der Waals surface area contributed by atoms with Gasteiger partial charge >= 0.3 is 0 Å². The second kappa shape index (κ2) is 6.01. The zero-order valence-corrected chi connectivity index (χ0v) is 13.5. The van der Waals surface area contributed by atoms with Crippen molar-refractivity contribution in [1.82, 2.24) is 9.55 Å². The molecule has 1 aromatic heterocycles. The quantitative estimate of drug-likeness (QED) is 0.850. The number of nitrogens with zero attached hydrogens (tertiary/aromatic N) is 4. The zero-order chi connectivity index (χ0) is 15.7. The van der Waals surface area contributed by atoms with Gasteiger partial charge in [-0.2, -0.15) is 0 Å². The molecule has 116 valence electrons. The van der Waals surface area contributed by atoms with Gasteiger partial charge < -0.3 is 14.4 Å². The Morgan fingerprint density at radius 2 is 1.77 bits per heavy atom. The molecule has 0 atom stereocenters. The van der Waals surface area contributed by atoms with Crippen LogP contribution in [0, 0.1) is 6.92 Å². The van der Waals surface area contributed by atoms with Gasteiger partial charge in [-0.25, -0.2) is 4.98 Å². The van der Waals surface area contributed by atoms with E-state index in [1.54, 1.807) is 19.4 Å². The molecule has 0 N–H and O–H groups in total. The van der Waals surface area contributed by atoms with Crippen molar-refractivity contribution in [3.05, 3.63) is 51.5 Å². The summed E-state index contributed by atoms with van der Waals surface area (Å²) in [5, 5.41) is 0.760. The van der Waals surface area contributed by atoms with Crippen molar-refractivity contribution < 1.29 is 0 Å². The lowest BCUT2D eigenvalue weighted by Gasteiger charge is -2.37. The van der Waals surface area contributed by atoms with Gasteiger partial charge in [0.15, 0.2) is 0 Å². The van der Waals surface area contributed by atoms with E-state index in [-0.39, 0.29) is 5.56 Å². The van der Waals surface area contributed by atoms with Crippen LogP contribution in [0.25, 0.3) is 0 Å². The van der Waals surface area contributed by atoms with Crippen molar-refractivity contribution in [2.24, 2.45) is 7.05 Å². The van der Waals surface area contributed by atoms with Crippen LogP contribution in [0.4, 0.5) is 11.5 Å². The Morgan fingerprint density at radius 1 is 1.09 bits per heavy atom. The molecule has 1 aliphatic rings. The fourth-order valence-corrected chi connectivity index (χ4v) is 2.89. The smallest absolute Gasteiger partial charge is 0.255 e. The fraction of sp³-hybridized carbons (Fsp3) is 0.375. The first-order valence-electron chi connectivity index (χ1n) is 7.33. The molecule has 1 fully saturated rings. The van der Waals surface area contributed by atoms with Gasteiger partial charge in [-0.15, -0.1) is 0 Å². The van der Waals surface area contributed by atoms with E-state index in [1.165, 1.54) is 15.8 Å². The first kappa shape index (κ1) is 14.9. The molecule has 1 aliphatic heterocycles. The average molecular weight is 319 g/mol. The Balaban J connectivity index is 1.73. The molecule has 5 nitrogen and oxygen atoms in total. The third-order valence-corrected chi connectivity index (χ3v) is 4.31. The van der Waals surface area contributed by atoms with Crippen molar-refractivity contribution in [2.75, 3.05) is 36.0 Å². The van der Waals surface area contributed by atoms with Crippen LogP contribution in [0.2, 0.25) is 5.02 Å². The number of rotatable bonds is 2. The number of anilines is 2. The summed E-state index contributed by atoms with van der Waals surface area (Å²) in [5.41, 5.74) is 2.38. The summed E-state index contributed by atoms with van der Waals surface area (Å²) in [5.74, 6) is 0.755. The molecule has 2 aromatic rings. The van der Waals surface area contributed by atoms with E-state index in [1.807, 2.05) is 18.2 Å². The van der Waals surface area contributed by atoms with Crippen LogP contribution in [0.5, 0.6) is 0 Å². The second-order valence-electron chi connectivity index (χ2n) is 5.60. The average Bonchev–Trinajstić information content (AvgIpc) is 2.53. The molecule has 0 amide bonds. The number of aromatic nitrogens is 2. The maximum Gasteiger partial charge on any atom is 0.255 e. The van der Waals surface area contributed by atoms with Gasteiger partial charge in [-0.05, 0) is 24.6 Å². The van der Waals surface area contributed by atoms with Crippen LogP contribution >= 0.6 is 11.6 Å². The number of halogens is 1. The highest BCUT2D eigenvalue weighted by Crippen LogP contribution is 2.25. The van der Waals surface area contributed by atoms with Gasteiger partial charge in [-0.3, -0.25) is 4.79 Å². The third kappa shape index (κ3) is 2.95. The van der Waals surface area contributed by atoms with Crippen molar-refractivity contribution in [1.29, 1.82) is 0 Å². The highest BCUT2D eigenvalue weighted by molar-refractivity contribution is 6.30. The molecule has 2 heterocycles. The minimum absolute atomic E-state index is 0.0295. The SMILES string of the molecule is Cc1ccc(Cl)cc1N1CCN(c2cc(=O)n(C)cn2)CC1. The number of piperazine rings is 1. The van der Waals surface area contributed by atoms with Gasteiger partial charge in [-0.1, -0.05) is 17.7 Å². The van der Waals surface area contributed by atoms with Crippen molar-refractivity contribution in [3.63, 3.8) is 0 Å². The molecular formula is C16H19ClN4O. The van der Waals surface area contributed by atoms with Crippen molar-refractivity contribution in [3.8, 4) is 0 Å². The molecule has 6 heteroatoms. The van der Waals surface area contributed by atoms with E-state index in [0.717, 1.165) is 37.0 Å². The zero-order valence-electron chi connectivity index (χ0n) is 12.8. The minimum atomic E-state index is -0.0295. The van der Waals surface area contributed by atoms with Gasteiger partial charge in [0, 0.05) is 50.0 Å². The molecule has 1 aromatic carbocycles. The van der Waals surface area contributed by atoms with Crippen LogP contribution < -0.4 is 15.4 Å². The minimum Gasteiger partial charge on any atom is -0.368 e. The molecule has 3 rings (SSSR count). The molecule has 0 bridgehead atoms. The van der Waals surface area contributed by atoms with Gasteiger partial charge in [0.25, 0.3) is 5.56 Å². The standard InChI is InChI=1S/C16H19ClN4O/c1-12-3-4-13(17)9-14(12)20-5-7-21(8-6-20)15-10-16(22)19(2)11-18-15/h3-4,9-11H,5-8H2,1-2H3. The van der Waals surface area contributed by atoms with Gasteiger partial charge in [0.05, 0.1) is 6.33 Å². The molecule has 22 heavy (non-hydrogen) atoms. The number of benzene rings is 1. The Bertz CT molecular complexity index is 735. The van der Waals surface area contributed by atoms with E-state index in [0.29, 0.717) is 0 Å². The van der Waals surface area contributed by atoms with Crippen molar-refractivity contribution >= 4 is 23.1 Å². The Kier molecular flexibility index (Phi) is 4.07. The molecule has 0 saturated carbocycles. The second-order valence-corrected chi connectivity index (χ2v) is 6.04. The first-order chi connectivity index (χ1) is 10.5. The van der Waals surface area contributed by atoms with Crippen LogP contribution in [0.1, 0.15) is 5.56 Å². The lowest BCUT2D eigenvalue weighted by atomic mass is 10.1. The predicted octanol–water partition coefficient (Wildman–Crippen LogP) is 2.07.